The van der Waals surface area contributed by atoms with E-state index >= 15 is 0 Å². The molecule has 0 bridgehead atoms. The average Bonchev–Trinajstić information content (AvgIpc) is 1.87. The third-order valence-electron chi connectivity index (χ3n) is 0.885. The van der Waals surface area contributed by atoms with Gasteiger partial charge in [0, 0.05) is 0 Å². The predicted octanol–water partition coefficient (Wildman–Crippen LogP) is 4.45. The molecule has 0 radical (unpaired) electrons. The van der Waals surface area contributed by atoms with Crippen LogP contribution in [0.5, 0.6) is 0 Å². The molecular weight excluding hydrogens is 556 g/mol. The molecule has 11 heavy (non-hydrogen) atoms. The van der Waals surface area contributed by atoms with E-state index < -0.39 is 9.18 Å². The fraction of sp³-hybridized carbons (Fsp3) is 0.143. The maximum absolute atomic E-state index is 2.93. The third-order valence-corrected chi connectivity index (χ3v) is 0.885. The molecule has 1 aromatic rings. The van der Waals surface area contributed by atoms with Crippen LogP contribution in [0.3, 0.4) is 0 Å². The van der Waals surface area contributed by atoms with Crippen LogP contribution >= 0.6 is 54.1 Å². The van der Waals surface area contributed by atoms with Crippen molar-refractivity contribution in [1.82, 2.24) is 0 Å². The summed E-state index contributed by atoms with van der Waals surface area (Å²) in [6.45, 7) is 2.06. The average molecular weight is 563 g/mol. The van der Waals surface area contributed by atoms with Gasteiger partial charge in [0.2, 0.25) is 0 Å². The Morgan fingerprint density at radius 3 is 1.73 bits per heavy atom. The van der Waals surface area contributed by atoms with Gasteiger partial charge in [-0.2, -0.15) is 35.9 Å². The summed E-state index contributed by atoms with van der Waals surface area (Å²) in [5.74, 6) is 0. The van der Waals surface area contributed by atoms with E-state index in [0.29, 0.717) is 0 Å². The van der Waals surface area contributed by atoms with E-state index in [2.05, 4.69) is 67.1 Å². The fourth-order valence-electron chi connectivity index (χ4n) is 0.470. The Hall–Kier alpha value is 2.29. The molecule has 0 aliphatic heterocycles. The predicted molar refractivity (Wildman–Crippen MR) is 72.1 cm³/mol. The van der Waals surface area contributed by atoms with Crippen molar-refractivity contribution < 1.29 is 9.18 Å². The van der Waals surface area contributed by atoms with Crippen molar-refractivity contribution in [2.75, 3.05) is 0 Å². The van der Waals surface area contributed by atoms with Crippen molar-refractivity contribution in [3.8, 4) is 0 Å². The van der Waals surface area contributed by atoms with Crippen LogP contribution < -0.4 is 0 Å². The van der Waals surface area contributed by atoms with E-state index in [-0.39, 0.29) is 0 Å². The molecule has 0 aliphatic carbocycles. The molecule has 0 aliphatic rings. The minimum absolute atomic E-state index is 0.633. The summed E-state index contributed by atoms with van der Waals surface area (Å²) in [7, 11) is -0.633. The van der Waals surface area contributed by atoms with Crippen molar-refractivity contribution in [2.24, 2.45) is 0 Å². The van der Waals surface area contributed by atoms with E-state index in [9.17, 15) is 0 Å². The molecule has 0 atom stereocenters. The molecule has 61 valence electrons. The molecule has 0 saturated heterocycles. The second-order valence-electron chi connectivity index (χ2n) is 1.79. The van der Waals surface area contributed by atoms with Crippen molar-refractivity contribution in [2.45, 2.75) is 6.92 Å². The van der Waals surface area contributed by atoms with Gasteiger partial charge in [0.1, 0.15) is 0 Å². The molecule has 1 aromatic carbocycles. The topological polar surface area (TPSA) is 0 Å². The quantitative estimate of drug-likeness (QED) is 0.324. The summed E-state index contributed by atoms with van der Waals surface area (Å²) < 4.78 is 0. The van der Waals surface area contributed by atoms with E-state index in [1.165, 1.54) is 5.56 Å². The van der Waals surface area contributed by atoms with Crippen LogP contribution in [-0.4, -0.2) is 0 Å². The molecular formula is C7H7I3Zr-. The van der Waals surface area contributed by atoms with E-state index in [1.807, 2.05) is 24.3 Å². The molecule has 0 aromatic heterocycles. The normalized spacial score (nSPS) is 8.00. The number of halogens is 3. The summed E-state index contributed by atoms with van der Waals surface area (Å²) in [4.78, 5) is 0. The summed E-state index contributed by atoms with van der Waals surface area (Å²) in [6, 6.07) is 10.8. The van der Waals surface area contributed by atoms with Crippen molar-refractivity contribution >= 4 is 54.1 Å². The molecule has 0 unspecified atom stereocenters. The van der Waals surface area contributed by atoms with Gasteiger partial charge in [0.25, 0.3) is 0 Å². The zero-order valence-electron chi connectivity index (χ0n) is 5.94. The molecule has 0 amide bonds. The monoisotopic (exact) mass is 562 g/mol. The Labute approximate surface area is 104 Å². The van der Waals surface area contributed by atoms with Crippen LogP contribution in [0, 0.1) is 13.0 Å². The zero-order chi connectivity index (χ0) is 8.69. The standard InChI is InChI=1S/C7H7.3HI.Zr/c1-7-5-3-2-4-6-7;;;;/h3-6H,1H3;3*1H;/q-1;;;;+3/p-3. The van der Waals surface area contributed by atoms with Gasteiger partial charge in [-0.1, -0.05) is 6.92 Å². The first kappa shape index (κ1) is 13.3. The van der Waals surface area contributed by atoms with E-state index in [4.69, 9.17) is 0 Å². The molecule has 4 heteroatoms. The van der Waals surface area contributed by atoms with Gasteiger partial charge >= 0.3 is 63.3 Å². The minimum atomic E-state index is -0.633. The Kier molecular flexibility index (Phi) is 10.7. The molecule has 0 spiro atoms. The first-order chi connectivity index (χ1) is 5.13. The van der Waals surface area contributed by atoms with Crippen LogP contribution in [0.15, 0.2) is 24.3 Å². The zero-order valence-corrected chi connectivity index (χ0v) is 14.9. The second kappa shape index (κ2) is 8.87. The van der Waals surface area contributed by atoms with Crippen molar-refractivity contribution in [3.63, 3.8) is 0 Å². The SMILES string of the molecule is Cc1cc[c-]cc1.[I][Zr]([I])[I]. The summed E-state index contributed by atoms with van der Waals surface area (Å²) in [6.07, 6.45) is 0. The third kappa shape index (κ3) is 12.3. The Morgan fingerprint density at radius 1 is 1.18 bits per heavy atom. The van der Waals surface area contributed by atoms with Crippen LogP contribution in [0.2, 0.25) is 0 Å². The van der Waals surface area contributed by atoms with Gasteiger partial charge in [-0.15, -0.1) is 0 Å². The number of benzene rings is 1. The van der Waals surface area contributed by atoms with Crippen LogP contribution in [0.25, 0.3) is 0 Å². The molecule has 0 nitrogen and oxygen atoms in total. The first-order valence-corrected chi connectivity index (χ1v) is 24.8. The first-order valence-electron chi connectivity index (χ1n) is 2.89. The Balaban J connectivity index is 0.000000218. The number of rotatable bonds is 0. The van der Waals surface area contributed by atoms with Crippen molar-refractivity contribution in [3.05, 3.63) is 35.9 Å². The molecule has 1 rings (SSSR count). The summed E-state index contributed by atoms with van der Waals surface area (Å²) >= 11 is 7.54. The van der Waals surface area contributed by atoms with Gasteiger partial charge in [-0.05, 0) is 0 Å². The van der Waals surface area contributed by atoms with Crippen LogP contribution in [0.4, 0.5) is 0 Å². The van der Waals surface area contributed by atoms with Crippen LogP contribution in [-0.2, 0) is 9.18 Å². The molecule has 0 N–H and O–H groups in total. The Bertz CT molecular complexity index is 174. The number of aryl methyl sites for hydroxylation is 1. The van der Waals surface area contributed by atoms with Gasteiger partial charge in [-0.3, -0.25) is 0 Å². The maximum atomic E-state index is 2.93. The van der Waals surface area contributed by atoms with Gasteiger partial charge in [-0.25, -0.2) is 0 Å². The number of hydrogen-bond acceptors (Lipinski definition) is 0. The summed E-state index contributed by atoms with van der Waals surface area (Å²) in [5.41, 5.74) is 1.29. The second-order valence-corrected chi connectivity index (χ2v) is 58.6. The van der Waals surface area contributed by atoms with Gasteiger partial charge in [0.15, 0.2) is 0 Å². The van der Waals surface area contributed by atoms with E-state index in [0.717, 1.165) is 0 Å². The Morgan fingerprint density at radius 2 is 1.55 bits per heavy atom. The number of hydrogen-bond donors (Lipinski definition) is 0. The fourth-order valence-corrected chi connectivity index (χ4v) is 0.470. The van der Waals surface area contributed by atoms with Crippen molar-refractivity contribution in [1.29, 1.82) is 0 Å². The molecule has 0 saturated carbocycles. The van der Waals surface area contributed by atoms with Gasteiger partial charge in [0.05, 0.1) is 0 Å². The van der Waals surface area contributed by atoms with Crippen LogP contribution in [0.1, 0.15) is 5.56 Å². The van der Waals surface area contributed by atoms with Gasteiger partial charge < -0.3 is 0 Å². The molecule has 0 heterocycles. The molecule has 0 fully saturated rings. The summed E-state index contributed by atoms with van der Waals surface area (Å²) in [5, 5.41) is 0. The van der Waals surface area contributed by atoms with E-state index in [1.54, 1.807) is 0 Å².